The van der Waals surface area contributed by atoms with Gasteiger partial charge < -0.3 is 9.64 Å². The number of ether oxygens (including phenoxy) is 1. The van der Waals surface area contributed by atoms with Gasteiger partial charge in [-0.15, -0.1) is 5.10 Å². The summed E-state index contributed by atoms with van der Waals surface area (Å²) in [6, 6.07) is 5.69. The topological polar surface area (TPSA) is 73.1 Å². The van der Waals surface area contributed by atoms with Crippen molar-refractivity contribution >= 4 is 5.91 Å². The minimum absolute atomic E-state index is 0.0299. The standard InChI is InChI=1S/C18H25N5O2/c1-4-13-7-5-6-8-15(13)22(2)18(24)14-9-10-17(25-3)16(11-14)23-12-19-20-21-23/h9-13,15H,4-8H2,1-3H3. The van der Waals surface area contributed by atoms with Crippen molar-refractivity contribution < 1.29 is 9.53 Å². The highest BCUT2D eigenvalue weighted by molar-refractivity contribution is 5.95. The van der Waals surface area contributed by atoms with E-state index in [4.69, 9.17) is 4.74 Å². The third-order valence-corrected chi connectivity index (χ3v) is 5.23. The quantitative estimate of drug-likeness (QED) is 0.834. The highest BCUT2D eigenvalue weighted by Gasteiger charge is 2.30. The third kappa shape index (κ3) is 3.50. The first-order valence-electron chi connectivity index (χ1n) is 8.84. The number of benzene rings is 1. The molecule has 0 N–H and O–H groups in total. The molecular weight excluding hydrogens is 318 g/mol. The highest BCUT2D eigenvalue weighted by Crippen LogP contribution is 2.31. The first-order chi connectivity index (χ1) is 12.2. The number of hydrogen-bond acceptors (Lipinski definition) is 5. The second kappa shape index (κ2) is 7.63. The number of aromatic nitrogens is 4. The van der Waals surface area contributed by atoms with Crippen LogP contribution in [0.3, 0.4) is 0 Å². The van der Waals surface area contributed by atoms with Gasteiger partial charge in [0.25, 0.3) is 5.91 Å². The monoisotopic (exact) mass is 343 g/mol. The molecule has 1 aromatic carbocycles. The maximum absolute atomic E-state index is 13.1. The van der Waals surface area contributed by atoms with Gasteiger partial charge in [-0.2, -0.15) is 4.68 Å². The summed E-state index contributed by atoms with van der Waals surface area (Å²) in [6.45, 7) is 2.21. The Morgan fingerprint density at radius 2 is 2.16 bits per heavy atom. The Morgan fingerprint density at radius 1 is 1.36 bits per heavy atom. The smallest absolute Gasteiger partial charge is 0.253 e. The van der Waals surface area contributed by atoms with Crippen LogP contribution in [0.4, 0.5) is 0 Å². The Balaban J connectivity index is 1.88. The number of amides is 1. The molecule has 2 unspecified atom stereocenters. The van der Waals surface area contributed by atoms with E-state index in [1.807, 2.05) is 11.9 Å². The van der Waals surface area contributed by atoms with Crippen LogP contribution in [0.2, 0.25) is 0 Å². The van der Waals surface area contributed by atoms with Crippen LogP contribution in [0.1, 0.15) is 49.4 Å². The van der Waals surface area contributed by atoms with E-state index in [0.29, 0.717) is 29.0 Å². The summed E-state index contributed by atoms with van der Waals surface area (Å²) >= 11 is 0. The van der Waals surface area contributed by atoms with E-state index in [9.17, 15) is 4.79 Å². The van der Waals surface area contributed by atoms with Gasteiger partial charge in [0.05, 0.1) is 7.11 Å². The molecule has 0 saturated heterocycles. The van der Waals surface area contributed by atoms with Crippen molar-refractivity contribution in [3.05, 3.63) is 30.1 Å². The Labute approximate surface area is 148 Å². The number of rotatable bonds is 5. The van der Waals surface area contributed by atoms with Crippen molar-refractivity contribution in [3.8, 4) is 11.4 Å². The molecule has 3 rings (SSSR count). The average molecular weight is 343 g/mol. The first kappa shape index (κ1) is 17.4. The fourth-order valence-electron chi connectivity index (χ4n) is 3.80. The van der Waals surface area contributed by atoms with Gasteiger partial charge in [0, 0.05) is 18.7 Å². The molecule has 7 nitrogen and oxygen atoms in total. The van der Waals surface area contributed by atoms with Crippen molar-refractivity contribution in [2.45, 2.75) is 45.1 Å². The van der Waals surface area contributed by atoms with E-state index in [1.165, 1.54) is 30.3 Å². The normalized spacial score (nSPS) is 20.3. The molecule has 0 radical (unpaired) electrons. The lowest BCUT2D eigenvalue weighted by Gasteiger charge is -2.37. The van der Waals surface area contributed by atoms with E-state index in [0.717, 1.165) is 12.8 Å². The zero-order chi connectivity index (χ0) is 17.8. The Kier molecular flexibility index (Phi) is 5.31. The molecule has 1 aliphatic rings. The van der Waals surface area contributed by atoms with E-state index < -0.39 is 0 Å². The van der Waals surface area contributed by atoms with E-state index >= 15 is 0 Å². The van der Waals surface area contributed by atoms with Crippen LogP contribution in [-0.2, 0) is 0 Å². The van der Waals surface area contributed by atoms with Crippen molar-refractivity contribution in [1.29, 1.82) is 0 Å². The molecule has 0 bridgehead atoms. The summed E-state index contributed by atoms with van der Waals surface area (Å²) in [5.41, 5.74) is 1.27. The van der Waals surface area contributed by atoms with Crippen LogP contribution in [-0.4, -0.2) is 51.2 Å². The molecule has 1 fully saturated rings. The fraction of sp³-hybridized carbons (Fsp3) is 0.556. The predicted molar refractivity (Wildman–Crippen MR) is 93.8 cm³/mol. The third-order valence-electron chi connectivity index (χ3n) is 5.23. The van der Waals surface area contributed by atoms with Gasteiger partial charge in [-0.1, -0.05) is 26.2 Å². The molecule has 1 saturated carbocycles. The minimum atomic E-state index is 0.0299. The number of methoxy groups -OCH3 is 1. The van der Waals surface area contributed by atoms with Crippen LogP contribution in [0, 0.1) is 5.92 Å². The lowest BCUT2D eigenvalue weighted by atomic mass is 9.82. The van der Waals surface area contributed by atoms with Gasteiger partial charge in [-0.3, -0.25) is 4.79 Å². The van der Waals surface area contributed by atoms with E-state index in [1.54, 1.807) is 25.3 Å². The summed E-state index contributed by atoms with van der Waals surface area (Å²) in [5, 5.41) is 11.2. The van der Waals surface area contributed by atoms with E-state index in [2.05, 4.69) is 22.4 Å². The predicted octanol–water partition coefficient (Wildman–Crippen LogP) is 2.71. The molecule has 0 aliphatic heterocycles. The summed E-state index contributed by atoms with van der Waals surface area (Å²) in [4.78, 5) is 15.0. The fourth-order valence-corrected chi connectivity index (χ4v) is 3.80. The summed E-state index contributed by atoms with van der Waals surface area (Å²) in [5.74, 6) is 1.23. The molecule has 134 valence electrons. The van der Waals surface area contributed by atoms with E-state index in [-0.39, 0.29) is 5.91 Å². The lowest BCUT2D eigenvalue weighted by Crippen LogP contribution is -2.43. The maximum Gasteiger partial charge on any atom is 0.253 e. The Hall–Kier alpha value is -2.44. The van der Waals surface area contributed by atoms with Gasteiger partial charge in [-0.25, -0.2) is 0 Å². The molecule has 1 amide bonds. The summed E-state index contributed by atoms with van der Waals surface area (Å²) < 4.78 is 6.88. The Bertz CT molecular complexity index is 716. The largest absolute Gasteiger partial charge is 0.494 e. The SMILES string of the molecule is CCC1CCCCC1N(C)C(=O)c1ccc(OC)c(-n2cnnn2)c1. The number of tetrazole rings is 1. The zero-order valence-corrected chi connectivity index (χ0v) is 15.1. The van der Waals surface area contributed by atoms with Crippen LogP contribution >= 0.6 is 0 Å². The molecule has 1 aromatic heterocycles. The molecule has 7 heteroatoms. The van der Waals surface area contributed by atoms with Gasteiger partial charge in [0.15, 0.2) is 0 Å². The summed E-state index contributed by atoms with van der Waals surface area (Å²) in [6.07, 6.45) is 7.35. The number of hydrogen-bond donors (Lipinski definition) is 0. The number of nitrogens with zero attached hydrogens (tertiary/aromatic N) is 5. The minimum Gasteiger partial charge on any atom is -0.494 e. The number of carbonyl (C=O) groups is 1. The highest BCUT2D eigenvalue weighted by atomic mass is 16.5. The summed E-state index contributed by atoms with van der Waals surface area (Å²) in [7, 11) is 3.51. The number of carbonyl (C=O) groups excluding carboxylic acids is 1. The zero-order valence-electron chi connectivity index (χ0n) is 15.1. The Morgan fingerprint density at radius 3 is 2.84 bits per heavy atom. The molecule has 2 atom stereocenters. The first-order valence-corrected chi connectivity index (χ1v) is 8.84. The van der Waals surface area contributed by atoms with Crippen molar-refractivity contribution in [1.82, 2.24) is 25.1 Å². The molecular formula is C18H25N5O2. The second-order valence-corrected chi connectivity index (χ2v) is 6.58. The molecule has 1 aliphatic carbocycles. The van der Waals surface area contributed by atoms with Crippen molar-refractivity contribution in [3.63, 3.8) is 0 Å². The van der Waals surface area contributed by atoms with Gasteiger partial charge >= 0.3 is 0 Å². The van der Waals surface area contributed by atoms with Crippen molar-refractivity contribution in [2.75, 3.05) is 14.2 Å². The van der Waals surface area contributed by atoms with Gasteiger partial charge in [0.1, 0.15) is 17.8 Å². The maximum atomic E-state index is 13.1. The molecule has 25 heavy (non-hydrogen) atoms. The van der Waals surface area contributed by atoms with Crippen LogP contribution in [0.15, 0.2) is 24.5 Å². The van der Waals surface area contributed by atoms with Gasteiger partial charge in [-0.05, 0) is 47.4 Å². The average Bonchev–Trinajstić information content (AvgIpc) is 3.20. The van der Waals surface area contributed by atoms with Crippen molar-refractivity contribution in [2.24, 2.45) is 5.92 Å². The van der Waals surface area contributed by atoms with Crippen LogP contribution in [0.5, 0.6) is 5.75 Å². The molecule has 1 heterocycles. The lowest BCUT2D eigenvalue weighted by molar-refractivity contribution is 0.0608. The van der Waals surface area contributed by atoms with Crippen LogP contribution in [0.25, 0.3) is 5.69 Å². The second-order valence-electron chi connectivity index (χ2n) is 6.58. The van der Waals surface area contributed by atoms with Crippen LogP contribution < -0.4 is 4.74 Å². The molecule has 2 aromatic rings. The van der Waals surface area contributed by atoms with Gasteiger partial charge in [0.2, 0.25) is 0 Å². The molecule has 0 spiro atoms.